The molecule has 84 valence electrons. The first-order valence-electron chi connectivity index (χ1n) is 4.92. The number of aliphatic hydroxyl groups excluding tert-OH is 2. The molecule has 0 radical (unpaired) electrons. The van der Waals surface area contributed by atoms with Gasteiger partial charge in [0.15, 0.2) is 0 Å². The Balaban J connectivity index is 2.65. The molecule has 0 fully saturated rings. The summed E-state index contributed by atoms with van der Waals surface area (Å²) < 4.78 is 0. The van der Waals surface area contributed by atoms with Crippen molar-refractivity contribution in [3.63, 3.8) is 0 Å². The largest absolute Gasteiger partial charge is 0.395 e. The minimum absolute atomic E-state index is 0.0594. The second-order valence-electron chi connectivity index (χ2n) is 3.31. The highest BCUT2D eigenvalue weighted by Gasteiger charge is 2.10. The Morgan fingerprint density at radius 1 is 1.27 bits per heavy atom. The van der Waals surface area contributed by atoms with E-state index in [-0.39, 0.29) is 12.5 Å². The number of anilines is 1. The Bertz CT molecular complexity index is 269. The van der Waals surface area contributed by atoms with Crippen LogP contribution in [0.15, 0.2) is 30.3 Å². The van der Waals surface area contributed by atoms with Crippen LogP contribution in [0.1, 0.15) is 0 Å². The maximum absolute atomic E-state index is 9.46. The number of alkyl halides is 1. The van der Waals surface area contributed by atoms with E-state index in [0.717, 1.165) is 5.69 Å². The molecule has 0 saturated heterocycles. The average Bonchev–Trinajstić information content (AvgIpc) is 2.29. The number of nitrogens with zero attached hydrogens (tertiary/aromatic N) is 1. The standard InChI is InChI=1S/C11H16ClNO2/c12-8-11(15)9-13(6-7-14)10-4-2-1-3-5-10/h1-5,11,14-15H,6-9H2. The van der Waals surface area contributed by atoms with Gasteiger partial charge in [-0.25, -0.2) is 0 Å². The van der Waals surface area contributed by atoms with Crippen LogP contribution in [-0.2, 0) is 0 Å². The molecule has 4 heteroatoms. The molecule has 15 heavy (non-hydrogen) atoms. The Kier molecular flexibility index (Phi) is 5.47. The van der Waals surface area contributed by atoms with Crippen LogP contribution in [0.3, 0.4) is 0 Å². The van der Waals surface area contributed by atoms with E-state index in [2.05, 4.69) is 0 Å². The Labute approximate surface area is 94.9 Å². The topological polar surface area (TPSA) is 43.7 Å². The van der Waals surface area contributed by atoms with Crippen LogP contribution in [0, 0.1) is 0 Å². The Hall–Kier alpha value is -0.770. The van der Waals surface area contributed by atoms with E-state index in [1.165, 1.54) is 0 Å². The van der Waals surface area contributed by atoms with E-state index >= 15 is 0 Å². The van der Waals surface area contributed by atoms with E-state index in [4.69, 9.17) is 16.7 Å². The molecule has 3 nitrogen and oxygen atoms in total. The molecule has 1 atom stereocenters. The van der Waals surface area contributed by atoms with Crippen LogP contribution in [0.5, 0.6) is 0 Å². The average molecular weight is 230 g/mol. The summed E-state index contributed by atoms with van der Waals surface area (Å²) in [5, 5.41) is 18.4. The minimum atomic E-state index is -0.571. The van der Waals surface area contributed by atoms with Crippen LogP contribution in [0.2, 0.25) is 0 Å². The molecule has 1 aromatic carbocycles. The molecule has 1 unspecified atom stereocenters. The lowest BCUT2D eigenvalue weighted by atomic mass is 10.2. The van der Waals surface area contributed by atoms with Crippen molar-refractivity contribution < 1.29 is 10.2 Å². The molecule has 0 aromatic heterocycles. The van der Waals surface area contributed by atoms with Crippen molar-refractivity contribution in [1.82, 2.24) is 0 Å². The summed E-state index contributed by atoms with van der Waals surface area (Å²) in [5.41, 5.74) is 0.982. The van der Waals surface area contributed by atoms with Gasteiger partial charge < -0.3 is 15.1 Å². The summed E-state index contributed by atoms with van der Waals surface area (Å²) in [6.45, 7) is 0.996. The number of rotatable bonds is 6. The lowest BCUT2D eigenvalue weighted by Crippen LogP contribution is -2.35. The predicted octanol–water partition coefficient (Wildman–Crippen LogP) is 1.08. The molecule has 0 saturated carbocycles. The minimum Gasteiger partial charge on any atom is -0.395 e. The van der Waals surface area contributed by atoms with Gasteiger partial charge in [0.25, 0.3) is 0 Å². The monoisotopic (exact) mass is 229 g/mol. The fourth-order valence-corrected chi connectivity index (χ4v) is 1.49. The molecule has 1 rings (SSSR count). The van der Waals surface area contributed by atoms with Gasteiger partial charge in [-0.2, -0.15) is 0 Å². The van der Waals surface area contributed by atoms with E-state index < -0.39 is 6.10 Å². The first kappa shape index (κ1) is 12.3. The Morgan fingerprint density at radius 2 is 1.93 bits per heavy atom. The zero-order valence-corrected chi connectivity index (χ0v) is 9.27. The van der Waals surface area contributed by atoms with Crippen molar-refractivity contribution >= 4 is 17.3 Å². The third-order valence-corrected chi connectivity index (χ3v) is 2.46. The van der Waals surface area contributed by atoms with Gasteiger partial charge in [0, 0.05) is 18.8 Å². The highest BCUT2D eigenvalue weighted by molar-refractivity contribution is 6.18. The van der Waals surface area contributed by atoms with Gasteiger partial charge in [-0.05, 0) is 12.1 Å². The van der Waals surface area contributed by atoms with Gasteiger partial charge in [-0.1, -0.05) is 18.2 Å². The molecule has 0 aliphatic rings. The van der Waals surface area contributed by atoms with Crippen LogP contribution >= 0.6 is 11.6 Å². The van der Waals surface area contributed by atoms with E-state index in [0.29, 0.717) is 13.1 Å². The zero-order valence-electron chi connectivity index (χ0n) is 8.51. The van der Waals surface area contributed by atoms with E-state index in [1.54, 1.807) is 0 Å². The molecule has 1 aromatic rings. The molecule has 0 bridgehead atoms. The molecule has 2 N–H and O–H groups in total. The van der Waals surface area contributed by atoms with Crippen molar-refractivity contribution in [2.75, 3.05) is 30.5 Å². The summed E-state index contributed by atoms with van der Waals surface area (Å²) in [6.07, 6.45) is -0.571. The summed E-state index contributed by atoms with van der Waals surface area (Å²) in [5.74, 6) is 0.203. The van der Waals surface area contributed by atoms with Crippen molar-refractivity contribution in [1.29, 1.82) is 0 Å². The fraction of sp³-hybridized carbons (Fsp3) is 0.455. The van der Waals surface area contributed by atoms with Gasteiger partial charge in [-0.3, -0.25) is 0 Å². The van der Waals surface area contributed by atoms with E-state index in [1.807, 2.05) is 35.2 Å². The molecule has 0 amide bonds. The second-order valence-corrected chi connectivity index (χ2v) is 3.62. The maximum atomic E-state index is 9.46. The van der Waals surface area contributed by atoms with Crippen LogP contribution in [0.4, 0.5) is 5.69 Å². The lowest BCUT2D eigenvalue weighted by molar-refractivity contribution is 0.200. The highest BCUT2D eigenvalue weighted by Crippen LogP contribution is 2.13. The first-order valence-corrected chi connectivity index (χ1v) is 5.46. The summed E-state index contributed by atoms with van der Waals surface area (Å²) in [4.78, 5) is 1.91. The summed E-state index contributed by atoms with van der Waals surface area (Å²) in [6, 6.07) is 9.66. The molecular weight excluding hydrogens is 214 g/mol. The fourth-order valence-electron chi connectivity index (χ4n) is 1.39. The molecule has 0 aliphatic carbocycles. The van der Waals surface area contributed by atoms with E-state index in [9.17, 15) is 5.11 Å². The summed E-state index contributed by atoms with van der Waals surface area (Å²) >= 11 is 5.54. The van der Waals surface area contributed by atoms with Gasteiger partial charge >= 0.3 is 0 Å². The van der Waals surface area contributed by atoms with Gasteiger partial charge in [-0.15, -0.1) is 11.6 Å². The van der Waals surface area contributed by atoms with Crippen molar-refractivity contribution in [3.8, 4) is 0 Å². The number of hydrogen-bond donors (Lipinski definition) is 2. The number of hydrogen-bond acceptors (Lipinski definition) is 3. The van der Waals surface area contributed by atoms with Crippen molar-refractivity contribution in [2.24, 2.45) is 0 Å². The number of benzene rings is 1. The predicted molar refractivity (Wildman–Crippen MR) is 62.5 cm³/mol. The number of halogens is 1. The van der Waals surface area contributed by atoms with Crippen molar-refractivity contribution in [2.45, 2.75) is 6.10 Å². The van der Waals surface area contributed by atoms with Crippen molar-refractivity contribution in [3.05, 3.63) is 30.3 Å². The van der Waals surface area contributed by atoms with Gasteiger partial charge in [0.1, 0.15) is 0 Å². The number of para-hydroxylation sites is 1. The zero-order chi connectivity index (χ0) is 11.1. The molecule has 0 spiro atoms. The van der Waals surface area contributed by atoms with Gasteiger partial charge in [0.2, 0.25) is 0 Å². The quantitative estimate of drug-likeness (QED) is 0.718. The molecular formula is C11H16ClNO2. The maximum Gasteiger partial charge on any atom is 0.0850 e. The van der Waals surface area contributed by atoms with Gasteiger partial charge in [0.05, 0.1) is 18.6 Å². The highest BCUT2D eigenvalue weighted by atomic mass is 35.5. The third-order valence-electron chi connectivity index (χ3n) is 2.10. The van der Waals surface area contributed by atoms with Crippen LogP contribution in [-0.4, -0.2) is 41.9 Å². The smallest absolute Gasteiger partial charge is 0.0850 e. The van der Waals surface area contributed by atoms with Crippen LogP contribution < -0.4 is 4.90 Å². The summed E-state index contributed by atoms with van der Waals surface area (Å²) in [7, 11) is 0. The normalized spacial score (nSPS) is 12.5. The number of aliphatic hydroxyl groups is 2. The Morgan fingerprint density at radius 3 is 2.47 bits per heavy atom. The second kappa shape index (κ2) is 6.67. The molecule has 0 heterocycles. The lowest BCUT2D eigenvalue weighted by Gasteiger charge is -2.25. The third kappa shape index (κ3) is 4.08. The van der Waals surface area contributed by atoms with Crippen LogP contribution in [0.25, 0.3) is 0 Å². The molecule has 0 aliphatic heterocycles. The SMILES string of the molecule is OCCN(CC(O)CCl)c1ccccc1. The first-order chi connectivity index (χ1) is 7.27.